The van der Waals surface area contributed by atoms with Crippen molar-refractivity contribution in [2.24, 2.45) is 0 Å². The van der Waals surface area contributed by atoms with Crippen molar-refractivity contribution in [1.29, 1.82) is 0 Å². The standard InChI is InChI=1S/C14H17NS/c1-3-12-6-4-5-7-14(12)15-10-13-9-8-11(2)16-13/h4-9,15H,3,10H2,1-2H3. The van der Waals surface area contributed by atoms with E-state index in [9.17, 15) is 0 Å². The summed E-state index contributed by atoms with van der Waals surface area (Å²) in [5.41, 5.74) is 2.65. The first-order valence-corrected chi connectivity index (χ1v) is 6.48. The number of thiophene rings is 1. The molecule has 2 rings (SSSR count). The van der Waals surface area contributed by atoms with E-state index >= 15 is 0 Å². The van der Waals surface area contributed by atoms with Crippen LogP contribution in [-0.2, 0) is 13.0 Å². The third-order valence-corrected chi connectivity index (χ3v) is 3.65. The zero-order valence-corrected chi connectivity index (χ0v) is 10.6. The van der Waals surface area contributed by atoms with E-state index in [2.05, 4.69) is 55.6 Å². The average Bonchev–Trinajstić information content (AvgIpc) is 2.73. The Morgan fingerprint density at radius 1 is 1.12 bits per heavy atom. The Hall–Kier alpha value is -1.28. The molecule has 0 saturated heterocycles. The third-order valence-electron chi connectivity index (χ3n) is 2.65. The molecule has 0 radical (unpaired) electrons. The molecule has 0 aliphatic rings. The van der Waals surface area contributed by atoms with Gasteiger partial charge >= 0.3 is 0 Å². The van der Waals surface area contributed by atoms with Crippen LogP contribution in [0.1, 0.15) is 22.2 Å². The van der Waals surface area contributed by atoms with Crippen LogP contribution in [0.15, 0.2) is 36.4 Å². The van der Waals surface area contributed by atoms with Crippen LogP contribution in [0.5, 0.6) is 0 Å². The highest BCUT2D eigenvalue weighted by atomic mass is 32.1. The summed E-state index contributed by atoms with van der Waals surface area (Å²) in [7, 11) is 0. The van der Waals surface area contributed by atoms with E-state index in [0.717, 1.165) is 13.0 Å². The third kappa shape index (κ3) is 2.64. The van der Waals surface area contributed by atoms with Crippen molar-refractivity contribution in [2.45, 2.75) is 26.8 Å². The van der Waals surface area contributed by atoms with Crippen molar-refractivity contribution in [1.82, 2.24) is 0 Å². The van der Waals surface area contributed by atoms with Gasteiger partial charge in [-0.3, -0.25) is 0 Å². The van der Waals surface area contributed by atoms with Gasteiger partial charge < -0.3 is 5.32 Å². The molecule has 0 aliphatic carbocycles. The molecular formula is C14H17NS. The molecule has 1 heterocycles. The highest BCUT2D eigenvalue weighted by molar-refractivity contribution is 7.11. The summed E-state index contributed by atoms with van der Waals surface area (Å²) < 4.78 is 0. The second-order valence-electron chi connectivity index (χ2n) is 3.88. The van der Waals surface area contributed by atoms with Gasteiger partial charge in [0.15, 0.2) is 0 Å². The number of anilines is 1. The normalized spacial score (nSPS) is 10.4. The van der Waals surface area contributed by atoms with Crippen LogP contribution in [0.2, 0.25) is 0 Å². The minimum Gasteiger partial charge on any atom is -0.380 e. The van der Waals surface area contributed by atoms with Crippen molar-refractivity contribution >= 4 is 17.0 Å². The molecule has 0 atom stereocenters. The summed E-state index contributed by atoms with van der Waals surface area (Å²) in [6, 6.07) is 12.9. The molecule has 0 spiro atoms. The van der Waals surface area contributed by atoms with Gasteiger partial charge in [-0.25, -0.2) is 0 Å². The van der Waals surface area contributed by atoms with E-state index in [1.54, 1.807) is 0 Å². The zero-order chi connectivity index (χ0) is 11.4. The summed E-state index contributed by atoms with van der Waals surface area (Å²) in [4.78, 5) is 2.77. The summed E-state index contributed by atoms with van der Waals surface area (Å²) in [6.45, 7) is 5.26. The maximum atomic E-state index is 3.50. The van der Waals surface area contributed by atoms with Gasteiger partial charge in [-0.15, -0.1) is 11.3 Å². The van der Waals surface area contributed by atoms with Gasteiger partial charge in [0.25, 0.3) is 0 Å². The molecule has 0 saturated carbocycles. The fraction of sp³-hybridized carbons (Fsp3) is 0.286. The van der Waals surface area contributed by atoms with Crippen LogP contribution in [0.4, 0.5) is 5.69 Å². The molecule has 1 nitrogen and oxygen atoms in total. The van der Waals surface area contributed by atoms with Crippen molar-refractivity contribution in [3.63, 3.8) is 0 Å². The van der Waals surface area contributed by atoms with Crippen LogP contribution >= 0.6 is 11.3 Å². The Kier molecular flexibility index (Phi) is 3.62. The monoisotopic (exact) mass is 231 g/mol. The Bertz CT molecular complexity index is 459. The lowest BCUT2D eigenvalue weighted by Crippen LogP contribution is -2.00. The van der Waals surface area contributed by atoms with Crippen LogP contribution in [0, 0.1) is 6.92 Å². The van der Waals surface area contributed by atoms with Gasteiger partial charge in [0.05, 0.1) is 0 Å². The van der Waals surface area contributed by atoms with Gasteiger partial charge in [0, 0.05) is 22.0 Å². The fourth-order valence-corrected chi connectivity index (χ4v) is 2.59. The Morgan fingerprint density at radius 3 is 2.62 bits per heavy atom. The molecule has 0 unspecified atom stereocenters. The highest BCUT2D eigenvalue weighted by Gasteiger charge is 2.00. The maximum absolute atomic E-state index is 3.50. The maximum Gasteiger partial charge on any atom is 0.0494 e. The highest BCUT2D eigenvalue weighted by Crippen LogP contribution is 2.19. The topological polar surface area (TPSA) is 12.0 Å². The average molecular weight is 231 g/mol. The molecule has 0 amide bonds. The van der Waals surface area contributed by atoms with E-state index in [-0.39, 0.29) is 0 Å². The lowest BCUT2D eigenvalue weighted by molar-refractivity contribution is 1.11. The first-order valence-electron chi connectivity index (χ1n) is 5.66. The Morgan fingerprint density at radius 2 is 1.94 bits per heavy atom. The Labute approximate surface area is 101 Å². The van der Waals surface area contributed by atoms with Gasteiger partial charge in [0.1, 0.15) is 0 Å². The molecule has 0 bridgehead atoms. The largest absolute Gasteiger partial charge is 0.380 e. The molecular weight excluding hydrogens is 214 g/mol. The first-order chi connectivity index (χ1) is 7.79. The smallest absolute Gasteiger partial charge is 0.0494 e. The summed E-state index contributed by atoms with van der Waals surface area (Å²) in [5, 5.41) is 3.50. The van der Waals surface area contributed by atoms with Gasteiger partial charge in [-0.2, -0.15) is 0 Å². The summed E-state index contributed by atoms with van der Waals surface area (Å²) in [6.07, 6.45) is 1.08. The second-order valence-corrected chi connectivity index (χ2v) is 5.25. The molecule has 0 aliphatic heterocycles. The molecule has 0 fully saturated rings. The number of nitrogens with one attached hydrogen (secondary N) is 1. The predicted octanol–water partition coefficient (Wildman–Crippen LogP) is 4.23. The van der Waals surface area contributed by atoms with E-state index in [0.29, 0.717) is 0 Å². The van der Waals surface area contributed by atoms with Crippen LogP contribution in [0.3, 0.4) is 0 Å². The van der Waals surface area contributed by atoms with E-state index in [1.807, 2.05) is 11.3 Å². The molecule has 1 aromatic carbocycles. The summed E-state index contributed by atoms with van der Waals surface area (Å²) in [5.74, 6) is 0. The van der Waals surface area contributed by atoms with Gasteiger partial charge in [-0.05, 0) is 37.1 Å². The van der Waals surface area contributed by atoms with Crippen molar-refractivity contribution < 1.29 is 0 Å². The van der Waals surface area contributed by atoms with Crippen LogP contribution in [-0.4, -0.2) is 0 Å². The SMILES string of the molecule is CCc1ccccc1NCc1ccc(C)s1. The van der Waals surface area contributed by atoms with E-state index < -0.39 is 0 Å². The van der Waals surface area contributed by atoms with Crippen LogP contribution < -0.4 is 5.32 Å². The van der Waals surface area contributed by atoms with Gasteiger partial charge in [0.2, 0.25) is 0 Å². The lowest BCUT2D eigenvalue weighted by atomic mass is 10.1. The predicted molar refractivity (Wildman–Crippen MR) is 72.2 cm³/mol. The molecule has 1 N–H and O–H groups in total. The number of aryl methyl sites for hydroxylation is 2. The first kappa shape index (κ1) is 11.2. The van der Waals surface area contributed by atoms with E-state index in [1.165, 1.54) is 21.0 Å². The quantitative estimate of drug-likeness (QED) is 0.830. The molecule has 2 heteroatoms. The minimum absolute atomic E-state index is 0.926. The zero-order valence-electron chi connectivity index (χ0n) is 9.79. The van der Waals surface area contributed by atoms with Crippen molar-refractivity contribution in [3.05, 3.63) is 51.7 Å². The number of hydrogen-bond donors (Lipinski definition) is 1. The molecule has 84 valence electrons. The van der Waals surface area contributed by atoms with Gasteiger partial charge in [-0.1, -0.05) is 25.1 Å². The number of benzene rings is 1. The number of hydrogen-bond acceptors (Lipinski definition) is 2. The van der Waals surface area contributed by atoms with Crippen molar-refractivity contribution in [3.8, 4) is 0 Å². The van der Waals surface area contributed by atoms with E-state index in [4.69, 9.17) is 0 Å². The molecule has 16 heavy (non-hydrogen) atoms. The fourth-order valence-electron chi connectivity index (χ4n) is 1.76. The van der Waals surface area contributed by atoms with Crippen molar-refractivity contribution in [2.75, 3.05) is 5.32 Å². The second kappa shape index (κ2) is 5.17. The number of para-hydroxylation sites is 1. The minimum atomic E-state index is 0.926. The Balaban J connectivity index is 2.04. The number of rotatable bonds is 4. The van der Waals surface area contributed by atoms with Crippen LogP contribution in [0.25, 0.3) is 0 Å². The molecule has 1 aromatic heterocycles. The summed E-state index contributed by atoms with van der Waals surface area (Å²) >= 11 is 1.86. The molecule has 2 aromatic rings. The lowest BCUT2D eigenvalue weighted by Gasteiger charge is -2.09.